The Morgan fingerprint density at radius 1 is 0.960 bits per heavy atom. The molecule has 3 aromatic rings. The highest BCUT2D eigenvalue weighted by atomic mass is 16.5. The molecule has 0 aliphatic heterocycles. The van der Waals surface area contributed by atoms with Crippen molar-refractivity contribution >= 4 is 5.97 Å². The predicted molar refractivity (Wildman–Crippen MR) is 91.6 cm³/mol. The minimum absolute atomic E-state index is 0.273. The number of ether oxygens (including phenoxy) is 2. The molecule has 0 radical (unpaired) electrons. The second-order valence-electron chi connectivity index (χ2n) is 5.27. The van der Waals surface area contributed by atoms with E-state index in [1.807, 2.05) is 24.3 Å². The lowest BCUT2D eigenvalue weighted by atomic mass is 10.2. The third kappa shape index (κ3) is 3.60. The number of carboxylic acids is 1. The van der Waals surface area contributed by atoms with Gasteiger partial charge in [-0.05, 0) is 48.5 Å². The van der Waals surface area contributed by atoms with E-state index in [9.17, 15) is 4.79 Å². The summed E-state index contributed by atoms with van der Waals surface area (Å²) in [5.41, 5.74) is 1.54. The van der Waals surface area contributed by atoms with Crippen LogP contribution in [0, 0.1) is 0 Å². The number of benzene rings is 2. The smallest absolute Gasteiger partial charge is 0.325 e. The molecule has 0 aliphatic carbocycles. The molecular weight excluding hydrogens is 322 g/mol. The molecule has 128 valence electrons. The number of rotatable bonds is 6. The number of nitrogens with zero attached hydrogens (tertiary/aromatic N) is 3. The Hall–Kier alpha value is -3.35. The van der Waals surface area contributed by atoms with Crippen LogP contribution in [0.3, 0.4) is 0 Å². The van der Waals surface area contributed by atoms with Crippen LogP contribution in [0.1, 0.15) is 0 Å². The van der Waals surface area contributed by atoms with Gasteiger partial charge in [-0.1, -0.05) is 0 Å². The maximum Gasteiger partial charge on any atom is 0.325 e. The Morgan fingerprint density at radius 3 is 1.96 bits per heavy atom. The van der Waals surface area contributed by atoms with Gasteiger partial charge in [0.1, 0.15) is 18.0 Å². The molecule has 0 fully saturated rings. The van der Waals surface area contributed by atoms with Crippen molar-refractivity contribution in [1.82, 2.24) is 14.8 Å². The van der Waals surface area contributed by atoms with E-state index in [-0.39, 0.29) is 6.54 Å². The van der Waals surface area contributed by atoms with Crippen LogP contribution < -0.4 is 9.47 Å². The second kappa shape index (κ2) is 7.04. The number of aromatic nitrogens is 3. The van der Waals surface area contributed by atoms with Crippen molar-refractivity contribution < 1.29 is 19.4 Å². The number of aliphatic carboxylic acids is 1. The van der Waals surface area contributed by atoms with Crippen LogP contribution in [0.2, 0.25) is 0 Å². The Balaban J connectivity index is 2.02. The number of carbonyl (C=O) groups is 1. The molecule has 0 spiro atoms. The second-order valence-corrected chi connectivity index (χ2v) is 5.27. The minimum atomic E-state index is -0.985. The monoisotopic (exact) mass is 339 g/mol. The zero-order valence-electron chi connectivity index (χ0n) is 13.8. The van der Waals surface area contributed by atoms with Gasteiger partial charge >= 0.3 is 5.97 Å². The Labute approximate surface area is 144 Å². The van der Waals surface area contributed by atoms with Crippen molar-refractivity contribution in [2.24, 2.45) is 0 Å². The molecule has 0 bridgehead atoms. The standard InChI is InChI=1S/C18H17N3O4/c1-24-14-7-3-12(4-8-14)17-19-18(21(20-17)11-16(22)23)13-5-9-15(25-2)10-6-13/h3-10H,11H2,1-2H3,(H,22,23). The van der Waals surface area contributed by atoms with Crippen LogP contribution in [0.25, 0.3) is 22.8 Å². The van der Waals surface area contributed by atoms with Crippen LogP contribution in [-0.2, 0) is 11.3 Å². The summed E-state index contributed by atoms with van der Waals surface area (Å²) in [5.74, 6) is 1.39. The summed E-state index contributed by atoms with van der Waals surface area (Å²) in [7, 11) is 3.18. The van der Waals surface area contributed by atoms with Crippen LogP contribution in [0.15, 0.2) is 48.5 Å². The quantitative estimate of drug-likeness (QED) is 0.743. The lowest BCUT2D eigenvalue weighted by molar-refractivity contribution is -0.137. The summed E-state index contributed by atoms with van der Waals surface area (Å²) in [4.78, 5) is 15.7. The first-order valence-corrected chi connectivity index (χ1v) is 7.56. The highest BCUT2D eigenvalue weighted by Gasteiger charge is 2.15. The van der Waals surface area contributed by atoms with Crippen LogP contribution in [-0.4, -0.2) is 40.1 Å². The Bertz CT molecular complexity index is 870. The molecule has 7 heteroatoms. The van der Waals surface area contributed by atoms with E-state index < -0.39 is 5.97 Å². The molecule has 1 heterocycles. The van der Waals surface area contributed by atoms with E-state index in [0.717, 1.165) is 16.9 Å². The number of methoxy groups -OCH3 is 2. The van der Waals surface area contributed by atoms with Gasteiger partial charge in [0.05, 0.1) is 14.2 Å². The summed E-state index contributed by atoms with van der Waals surface area (Å²) >= 11 is 0. The van der Waals surface area contributed by atoms with E-state index in [4.69, 9.17) is 14.6 Å². The van der Waals surface area contributed by atoms with E-state index in [0.29, 0.717) is 17.4 Å². The maximum atomic E-state index is 11.2. The van der Waals surface area contributed by atoms with Gasteiger partial charge in [0.2, 0.25) is 0 Å². The van der Waals surface area contributed by atoms with Crippen molar-refractivity contribution in [3.63, 3.8) is 0 Å². The van der Waals surface area contributed by atoms with Crippen molar-refractivity contribution in [3.05, 3.63) is 48.5 Å². The van der Waals surface area contributed by atoms with Gasteiger partial charge in [0, 0.05) is 11.1 Å². The van der Waals surface area contributed by atoms with E-state index in [1.165, 1.54) is 4.68 Å². The van der Waals surface area contributed by atoms with Crippen LogP contribution in [0.4, 0.5) is 0 Å². The van der Waals surface area contributed by atoms with Crippen molar-refractivity contribution in [2.45, 2.75) is 6.54 Å². The van der Waals surface area contributed by atoms with Gasteiger partial charge in [0.15, 0.2) is 11.6 Å². The predicted octanol–water partition coefficient (Wildman–Crippen LogP) is 2.71. The Kier molecular flexibility index (Phi) is 4.65. The van der Waals surface area contributed by atoms with Crippen molar-refractivity contribution in [1.29, 1.82) is 0 Å². The van der Waals surface area contributed by atoms with Crippen molar-refractivity contribution in [3.8, 4) is 34.3 Å². The minimum Gasteiger partial charge on any atom is -0.497 e. The zero-order chi connectivity index (χ0) is 17.8. The molecule has 1 N–H and O–H groups in total. The third-order valence-electron chi connectivity index (χ3n) is 3.65. The van der Waals surface area contributed by atoms with Gasteiger partial charge in [-0.2, -0.15) is 0 Å². The molecule has 0 unspecified atom stereocenters. The molecule has 2 aromatic carbocycles. The fourth-order valence-corrected chi connectivity index (χ4v) is 2.40. The molecule has 25 heavy (non-hydrogen) atoms. The molecule has 0 aliphatic rings. The van der Waals surface area contributed by atoms with E-state index >= 15 is 0 Å². The average molecular weight is 339 g/mol. The SMILES string of the molecule is COc1ccc(-c2nc(-c3ccc(OC)cc3)n(CC(=O)O)n2)cc1. The fourth-order valence-electron chi connectivity index (χ4n) is 2.40. The fraction of sp³-hybridized carbons (Fsp3) is 0.167. The van der Waals surface area contributed by atoms with Crippen LogP contribution in [0.5, 0.6) is 11.5 Å². The maximum absolute atomic E-state index is 11.2. The molecule has 0 atom stereocenters. The molecule has 0 saturated carbocycles. The molecule has 7 nitrogen and oxygen atoms in total. The number of carboxylic acid groups (broad SMARTS) is 1. The third-order valence-corrected chi connectivity index (χ3v) is 3.65. The summed E-state index contributed by atoms with van der Waals surface area (Å²) in [6.07, 6.45) is 0. The molecule has 1 aromatic heterocycles. The van der Waals surface area contributed by atoms with Gasteiger partial charge < -0.3 is 14.6 Å². The van der Waals surface area contributed by atoms with Gasteiger partial charge in [-0.3, -0.25) is 4.79 Å². The number of hydrogen-bond donors (Lipinski definition) is 1. The lowest BCUT2D eigenvalue weighted by Gasteiger charge is -2.04. The van der Waals surface area contributed by atoms with Gasteiger partial charge in [-0.25, -0.2) is 9.67 Å². The lowest BCUT2D eigenvalue weighted by Crippen LogP contribution is -2.11. The summed E-state index contributed by atoms with van der Waals surface area (Å²) in [6.45, 7) is -0.273. The Morgan fingerprint density at radius 2 is 1.48 bits per heavy atom. The average Bonchev–Trinajstić information content (AvgIpc) is 3.05. The summed E-state index contributed by atoms with van der Waals surface area (Å²) in [5, 5.41) is 13.5. The largest absolute Gasteiger partial charge is 0.497 e. The number of hydrogen-bond acceptors (Lipinski definition) is 5. The first-order chi connectivity index (χ1) is 12.1. The molecule has 0 amide bonds. The topological polar surface area (TPSA) is 86.5 Å². The highest BCUT2D eigenvalue weighted by Crippen LogP contribution is 2.25. The summed E-state index contributed by atoms with van der Waals surface area (Å²) < 4.78 is 11.7. The molecular formula is C18H17N3O4. The van der Waals surface area contributed by atoms with E-state index in [2.05, 4.69) is 10.1 Å². The highest BCUT2D eigenvalue weighted by molar-refractivity contribution is 5.69. The van der Waals surface area contributed by atoms with E-state index in [1.54, 1.807) is 38.5 Å². The molecule has 0 saturated heterocycles. The normalized spacial score (nSPS) is 10.5. The first kappa shape index (κ1) is 16.5. The first-order valence-electron chi connectivity index (χ1n) is 7.56. The van der Waals surface area contributed by atoms with Gasteiger partial charge in [-0.15, -0.1) is 5.10 Å². The van der Waals surface area contributed by atoms with Gasteiger partial charge in [0.25, 0.3) is 0 Å². The van der Waals surface area contributed by atoms with Crippen molar-refractivity contribution in [2.75, 3.05) is 14.2 Å². The molecule has 3 rings (SSSR count). The zero-order valence-corrected chi connectivity index (χ0v) is 13.8. The van der Waals surface area contributed by atoms with Crippen LogP contribution >= 0.6 is 0 Å². The summed E-state index contributed by atoms with van der Waals surface area (Å²) in [6, 6.07) is 14.5.